The Balaban J connectivity index is 1.77. The van der Waals surface area contributed by atoms with Gasteiger partial charge in [-0.25, -0.2) is 4.98 Å². The van der Waals surface area contributed by atoms with Crippen LogP contribution in [0.3, 0.4) is 0 Å². The standard InChI is InChI=1S/C24H28N4O2S/c1-15-9-11-17(12-10-15)26-22(29)21-18(20-14-25-24(31-20)28(2)3)13-19(27-23(21)30)16-7-5-4-6-8-16/h9-14,16H,4-8H2,1-3H3,(H,26,29)(H,27,30). The summed E-state index contributed by atoms with van der Waals surface area (Å²) in [4.78, 5) is 36.6. The minimum absolute atomic E-state index is 0.133. The Morgan fingerprint density at radius 3 is 2.52 bits per heavy atom. The van der Waals surface area contributed by atoms with Crippen LogP contribution in [0.25, 0.3) is 10.4 Å². The quantitative estimate of drug-likeness (QED) is 0.578. The van der Waals surface area contributed by atoms with Gasteiger partial charge in [-0.05, 0) is 43.9 Å². The van der Waals surface area contributed by atoms with Crippen LogP contribution in [0.5, 0.6) is 0 Å². The highest BCUT2D eigenvalue weighted by Gasteiger charge is 2.24. The molecule has 0 spiro atoms. The van der Waals surface area contributed by atoms with Crippen LogP contribution in [0.4, 0.5) is 10.8 Å². The Morgan fingerprint density at radius 1 is 1.16 bits per heavy atom. The third-order valence-electron chi connectivity index (χ3n) is 5.78. The Kier molecular flexibility index (Phi) is 6.23. The number of nitrogens with one attached hydrogen (secondary N) is 2. The van der Waals surface area contributed by atoms with E-state index in [-0.39, 0.29) is 11.1 Å². The molecule has 3 aromatic rings. The van der Waals surface area contributed by atoms with E-state index in [1.54, 1.807) is 6.20 Å². The van der Waals surface area contributed by atoms with Gasteiger partial charge < -0.3 is 15.2 Å². The van der Waals surface area contributed by atoms with Gasteiger partial charge in [-0.1, -0.05) is 48.3 Å². The van der Waals surface area contributed by atoms with Crippen molar-refractivity contribution in [3.8, 4) is 10.4 Å². The van der Waals surface area contributed by atoms with E-state index < -0.39 is 5.91 Å². The van der Waals surface area contributed by atoms with Crippen LogP contribution >= 0.6 is 11.3 Å². The molecule has 0 saturated heterocycles. The molecule has 2 aromatic heterocycles. The lowest BCUT2D eigenvalue weighted by atomic mass is 9.86. The predicted molar refractivity (Wildman–Crippen MR) is 127 cm³/mol. The van der Waals surface area contributed by atoms with Gasteiger partial charge in [0.2, 0.25) is 0 Å². The first kappa shape index (κ1) is 21.3. The minimum atomic E-state index is -0.407. The maximum absolute atomic E-state index is 13.2. The Labute approximate surface area is 186 Å². The monoisotopic (exact) mass is 436 g/mol. The smallest absolute Gasteiger partial charge is 0.261 e. The summed E-state index contributed by atoms with van der Waals surface area (Å²) < 4.78 is 0. The number of hydrogen-bond acceptors (Lipinski definition) is 5. The number of nitrogens with zero attached hydrogens (tertiary/aromatic N) is 2. The number of hydrogen-bond donors (Lipinski definition) is 2. The van der Waals surface area contributed by atoms with Crippen molar-refractivity contribution in [3.63, 3.8) is 0 Å². The van der Waals surface area contributed by atoms with Gasteiger partial charge in [0.15, 0.2) is 5.13 Å². The molecule has 1 fully saturated rings. The summed E-state index contributed by atoms with van der Waals surface area (Å²) in [6, 6.07) is 9.54. The molecule has 31 heavy (non-hydrogen) atoms. The number of amides is 1. The fourth-order valence-corrected chi connectivity index (χ4v) is 4.92. The van der Waals surface area contributed by atoms with Gasteiger partial charge in [0.1, 0.15) is 5.56 Å². The largest absolute Gasteiger partial charge is 0.354 e. The Morgan fingerprint density at radius 2 is 1.87 bits per heavy atom. The summed E-state index contributed by atoms with van der Waals surface area (Å²) >= 11 is 1.48. The third kappa shape index (κ3) is 4.71. The summed E-state index contributed by atoms with van der Waals surface area (Å²) in [6.45, 7) is 1.99. The van der Waals surface area contributed by atoms with Crippen molar-refractivity contribution in [2.24, 2.45) is 0 Å². The lowest BCUT2D eigenvalue weighted by Gasteiger charge is -2.22. The van der Waals surface area contributed by atoms with Crippen molar-refractivity contribution in [1.82, 2.24) is 9.97 Å². The van der Waals surface area contributed by atoms with Crippen molar-refractivity contribution in [3.05, 3.63) is 63.7 Å². The summed E-state index contributed by atoms with van der Waals surface area (Å²) in [5.74, 6) is -0.0780. The average molecular weight is 437 g/mol. The summed E-state index contributed by atoms with van der Waals surface area (Å²) in [5.41, 5.74) is 3.13. The fraction of sp³-hybridized carbons (Fsp3) is 0.375. The van der Waals surface area contributed by atoms with E-state index in [0.29, 0.717) is 17.2 Å². The van der Waals surface area contributed by atoms with Crippen LogP contribution in [0, 0.1) is 6.92 Å². The SMILES string of the molecule is Cc1ccc(NC(=O)c2c(-c3cnc(N(C)C)s3)cc(C3CCCCC3)[nH]c2=O)cc1. The first-order valence-electron chi connectivity index (χ1n) is 10.7. The first-order chi connectivity index (χ1) is 14.9. The van der Waals surface area contributed by atoms with Crippen LogP contribution in [-0.4, -0.2) is 30.0 Å². The predicted octanol–water partition coefficient (Wildman–Crippen LogP) is 5.17. The van der Waals surface area contributed by atoms with Crippen LogP contribution in [-0.2, 0) is 0 Å². The lowest BCUT2D eigenvalue weighted by Crippen LogP contribution is -2.26. The number of pyridine rings is 1. The summed E-state index contributed by atoms with van der Waals surface area (Å²) in [7, 11) is 3.86. The molecule has 4 rings (SSSR count). The lowest BCUT2D eigenvalue weighted by molar-refractivity contribution is 0.102. The molecule has 1 amide bonds. The molecule has 1 aliphatic rings. The molecular formula is C24H28N4O2S. The molecule has 6 nitrogen and oxygen atoms in total. The second-order valence-electron chi connectivity index (χ2n) is 8.40. The Hall–Kier alpha value is -2.93. The topological polar surface area (TPSA) is 78.1 Å². The molecule has 0 aliphatic heterocycles. The zero-order valence-electron chi connectivity index (χ0n) is 18.2. The molecule has 0 unspecified atom stereocenters. The van der Waals surface area contributed by atoms with Crippen molar-refractivity contribution in [2.75, 3.05) is 24.3 Å². The number of carbonyl (C=O) groups excluding carboxylic acids is 1. The van der Waals surface area contributed by atoms with Gasteiger partial charge in [-0.3, -0.25) is 9.59 Å². The van der Waals surface area contributed by atoms with Crippen molar-refractivity contribution < 1.29 is 4.79 Å². The zero-order valence-corrected chi connectivity index (χ0v) is 19.0. The molecule has 0 radical (unpaired) electrons. The molecule has 0 bridgehead atoms. The minimum Gasteiger partial charge on any atom is -0.354 e. The fourth-order valence-electron chi connectivity index (χ4n) is 4.06. The van der Waals surface area contributed by atoms with Crippen molar-refractivity contribution >= 4 is 28.1 Å². The molecule has 0 atom stereocenters. The number of benzene rings is 1. The summed E-state index contributed by atoms with van der Waals surface area (Å²) in [6.07, 6.45) is 7.46. The molecule has 162 valence electrons. The number of anilines is 2. The second kappa shape index (κ2) is 9.06. The number of H-pyrrole nitrogens is 1. The number of rotatable bonds is 5. The zero-order chi connectivity index (χ0) is 22.0. The van der Waals surface area contributed by atoms with Crippen LogP contribution in [0.2, 0.25) is 0 Å². The second-order valence-corrected chi connectivity index (χ2v) is 9.41. The van der Waals surface area contributed by atoms with Crippen LogP contribution < -0.4 is 15.8 Å². The number of thiazole rings is 1. The normalized spacial score (nSPS) is 14.4. The van der Waals surface area contributed by atoms with Crippen molar-refractivity contribution in [1.29, 1.82) is 0 Å². The average Bonchev–Trinajstić information content (AvgIpc) is 3.26. The van der Waals surface area contributed by atoms with E-state index in [2.05, 4.69) is 15.3 Å². The van der Waals surface area contributed by atoms with E-state index in [1.807, 2.05) is 56.3 Å². The van der Waals surface area contributed by atoms with E-state index in [0.717, 1.165) is 34.1 Å². The van der Waals surface area contributed by atoms with E-state index in [4.69, 9.17) is 0 Å². The molecule has 1 aromatic carbocycles. The number of aromatic amines is 1. The maximum Gasteiger partial charge on any atom is 0.261 e. The molecule has 2 heterocycles. The van der Waals surface area contributed by atoms with Crippen molar-refractivity contribution in [2.45, 2.75) is 44.9 Å². The highest BCUT2D eigenvalue weighted by Crippen LogP contribution is 2.36. The van der Waals surface area contributed by atoms with Gasteiger partial charge in [-0.15, -0.1) is 0 Å². The number of aromatic nitrogens is 2. The first-order valence-corrected chi connectivity index (χ1v) is 11.5. The van der Waals surface area contributed by atoms with Gasteiger partial charge in [0.25, 0.3) is 11.5 Å². The molecule has 1 aliphatic carbocycles. The van der Waals surface area contributed by atoms with E-state index in [9.17, 15) is 9.59 Å². The van der Waals surface area contributed by atoms with Gasteiger partial charge in [0.05, 0.1) is 4.88 Å². The van der Waals surface area contributed by atoms with E-state index in [1.165, 1.54) is 30.6 Å². The molecular weight excluding hydrogens is 408 g/mol. The number of carbonyl (C=O) groups is 1. The number of aryl methyl sites for hydroxylation is 1. The molecule has 1 saturated carbocycles. The maximum atomic E-state index is 13.2. The van der Waals surface area contributed by atoms with Gasteiger partial charge >= 0.3 is 0 Å². The highest BCUT2D eigenvalue weighted by atomic mass is 32.1. The van der Waals surface area contributed by atoms with Crippen LogP contribution in [0.15, 0.2) is 41.3 Å². The van der Waals surface area contributed by atoms with Gasteiger partial charge in [0, 0.05) is 37.2 Å². The summed E-state index contributed by atoms with van der Waals surface area (Å²) in [5, 5.41) is 3.71. The van der Waals surface area contributed by atoms with Crippen LogP contribution in [0.1, 0.15) is 59.6 Å². The molecule has 2 N–H and O–H groups in total. The Bertz CT molecular complexity index is 1130. The van der Waals surface area contributed by atoms with Gasteiger partial charge in [-0.2, -0.15) is 0 Å². The molecule has 7 heteroatoms. The highest BCUT2D eigenvalue weighted by molar-refractivity contribution is 7.18. The third-order valence-corrected chi connectivity index (χ3v) is 6.98. The van der Waals surface area contributed by atoms with E-state index >= 15 is 0 Å².